The van der Waals surface area contributed by atoms with Crippen molar-refractivity contribution in [2.24, 2.45) is 0 Å². The number of benzene rings is 1. The zero-order valence-electron chi connectivity index (χ0n) is 11.8. The van der Waals surface area contributed by atoms with Crippen LogP contribution < -0.4 is 10.2 Å². The smallest absolute Gasteiger partial charge is 0.119 e. The molecule has 1 aliphatic heterocycles. The van der Waals surface area contributed by atoms with Crippen LogP contribution in [0.3, 0.4) is 0 Å². The molecule has 2 heterocycles. The number of hydrogen-bond donors (Lipinski definition) is 1. The number of halogens is 1. The number of anilines is 1. The molecule has 0 saturated carbocycles. The van der Waals surface area contributed by atoms with Crippen molar-refractivity contribution in [2.75, 3.05) is 25.0 Å². The quantitative estimate of drug-likeness (QED) is 0.908. The second kappa shape index (κ2) is 5.62. The Hall–Kier alpha value is -2.26. The van der Waals surface area contributed by atoms with E-state index in [-0.39, 0.29) is 6.04 Å². The van der Waals surface area contributed by atoms with Crippen molar-refractivity contribution in [1.29, 1.82) is 5.26 Å². The van der Waals surface area contributed by atoms with Gasteiger partial charge in [-0.1, -0.05) is 0 Å². The summed E-state index contributed by atoms with van der Waals surface area (Å²) in [4.78, 5) is 10.6. The molecular weight excluding hydrogens is 269 g/mol. The summed E-state index contributed by atoms with van der Waals surface area (Å²) in [5.41, 5.74) is 2.54. The van der Waals surface area contributed by atoms with Crippen LogP contribution in [0.5, 0.6) is 0 Å². The predicted molar refractivity (Wildman–Crippen MR) is 78.8 cm³/mol. The van der Waals surface area contributed by atoms with Gasteiger partial charge in [0, 0.05) is 31.5 Å². The number of rotatable bonds is 2. The second-order valence-corrected chi connectivity index (χ2v) is 5.22. The third-order valence-electron chi connectivity index (χ3n) is 3.87. The van der Waals surface area contributed by atoms with Gasteiger partial charge in [0.1, 0.15) is 23.3 Å². The van der Waals surface area contributed by atoms with Gasteiger partial charge in [-0.25, -0.2) is 4.39 Å². The Balaban J connectivity index is 2.07. The Kier molecular flexibility index (Phi) is 3.67. The molecule has 1 N–H and O–H groups in total. The van der Waals surface area contributed by atoms with Crippen LogP contribution in [0, 0.1) is 11.3 Å². The van der Waals surface area contributed by atoms with Gasteiger partial charge in [0.05, 0.1) is 11.3 Å². The Labute approximate surface area is 122 Å². The van der Waals surface area contributed by atoms with Crippen molar-refractivity contribution < 1.29 is 4.39 Å². The second-order valence-electron chi connectivity index (χ2n) is 5.22. The molecule has 2 unspecified atom stereocenters. The van der Waals surface area contributed by atoms with Gasteiger partial charge in [0.25, 0.3) is 0 Å². The molecule has 1 aliphatic rings. The van der Waals surface area contributed by atoms with Crippen molar-refractivity contribution in [3.8, 4) is 6.07 Å². The van der Waals surface area contributed by atoms with E-state index in [2.05, 4.69) is 21.4 Å². The normalized spacial score (nSPS) is 22.2. The van der Waals surface area contributed by atoms with Crippen molar-refractivity contribution in [3.05, 3.63) is 30.1 Å². The van der Waals surface area contributed by atoms with Gasteiger partial charge in [-0.2, -0.15) is 5.26 Å². The van der Waals surface area contributed by atoms with Crippen LogP contribution in [0.1, 0.15) is 12.0 Å². The van der Waals surface area contributed by atoms with Gasteiger partial charge < -0.3 is 10.2 Å². The summed E-state index contributed by atoms with van der Waals surface area (Å²) in [6, 6.07) is 5.79. The molecule has 21 heavy (non-hydrogen) atoms. The molecule has 1 fully saturated rings. The summed E-state index contributed by atoms with van der Waals surface area (Å²) in [7, 11) is 1.84. The zero-order valence-corrected chi connectivity index (χ0v) is 11.8. The Morgan fingerprint density at radius 3 is 2.76 bits per heavy atom. The van der Waals surface area contributed by atoms with Crippen LogP contribution in [-0.2, 0) is 0 Å². The van der Waals surface area contributed by atoms with Crippen LogP contribution in [0.15, 0.2) is 24.5 Å². The molecule has 0 spiro atoms. The highest BCUT2D eigenvalue weighted by molar-refractivity contribution is 5.92. The molecule has 3 rings (SSSR count). The van der Waals surface area contributed by atoms with Gasteiger partial charge >= 0.3 is 0 Å². The van der Waals surface area contributed by atoms with Crippen LogP contribution in [0.25, 0.3) is 11.0 Å². The van der Waals surface area contributed by atoms with E-state index in [4.69, 9.17) is 5.26 Å². The number of nitrogens with one attached hydrogen (secondary N) is 1. The predicted octanol–water partition coefficient (Wildman–Crippen LogP) is 1.64. The molecule has 5 nitrogen and oxygen atoms in total. The highest BCUT2D eigenvalue weighted by Gasteiger charge is 2.27. The van der Waals surface area contributed by atoms with Crippen molar-refractivity contribution in [1.82, 2.24) is 15.3 Å². The third kappa shape index (κ3) is 2.52. The highest BCUT2D eigenvalue weighted by atomic mass is 19.1. The molecule has 0 radical (unpaired) electrons. The molecular formula is C15H16FN5. The van der Waals surface area contributed by atoms with E-state index in [1.165, 1.54) is 0 Å². The lowest BCUT2D eigenvalue weighted by atomic mass is 10.0. The first kappa shape index (κ1) is 13.7. The third-order valence-corrected chi connectivity index (χ3v) is 3.87. The minimum atomic E-state index is -0.876. The van der Waals surface area contributed by atoms with Crippen molar-refractivity contribution in [2.45, 2.75) is 18.6 Å². The van der Waals surface area contributed by atoms with E-state index < -0.39 is 6.17 Å². The maximum Gasteiger partial charge on any atom is 0.119 e. The number of aromatic nitrogens is 2. The number of piperidine rings is 1. The standard InChI is InChI=1S/C15H16FN5/c1-18-12-6-11(16)8-21(9-12)13-3-2-10(7-17)14-15(13)20-5-4-19-14/h2-5,11-12,18H,6,8-9H2,1H3. The maximum atomic E-state index is 13.9. The lowest BCUT2D eigenvalue weighted by Gasteiger charge is -2.36. The van der Waals surface area contributed by atoms with E-state index >= 15 is 0 Å². The molecule has 0 bridgehead atoms. The Bertz CT molecular complexity index is 696. The number of likely N-dealkylation sites (N-methyl/N-ethyl adjacent to an activating group) is 1. The van der Waals surface area contributed by atoms with Crippen molar-refractivity contribution >= 4 is 16.7 Å². The van der Waals surface area contributed by atoms with E-state index in [0.717, 1.165) is 5.69 Å². The first-order valence-corrected chi connectivity index (χ1v) is 6.93. The molecule has 2 aromatic rings. The molecule has 1 aromatic carbocycles. The summed E-state index contributed by atoms with van der Waals surface area (Å²) >= 11 is 0. The Morgan fingerprint density at radius 1 is 1.29 bits per heavy atom. The minimum absolute atomic E-state index is 0.108. The fraction of sp³-hybridized carbons (Fsp3) is 0.400. The average Bonchev–Trinajstić information content (AvgIpc) is 2.53. The van der Waals surface area contributed by atoms with Gasteiger partial charge in [0.2, 0.25) is 0 Å². The first-order chi connectivity index (χ1) is 10.2. The monoisotopic (exact) mass is 285 g/mol. The maximum absolute atomic E-state index is 13.9. The van der Waals surface area contributed by atoms with Crippen LogP contribution >= 0.6 is 0 Å². The summed E-state index contributed by atoms with van der Waals surface area (Å²) < 4.78 is 13.9. The number of fused-ring (bicyclic) bond motifs is 1. The summed E-state index contributed by atoms with van der Waals surface area (Å²) in [5, 5.41) is 12.3. The number of nitrogens with zero attached hydrogens (tertiary/aromatic N) is 4. The zero-order chi connectivity index (χ0) is 14.8. The van der Waals surface area contributed by atoms with E-state index in [1.54, 1.807) is 18.5 Å². The number of nitriles is 1. The van der Waals surface area contributed by atoms with Gasteiger partial charge in [-0.15, -0.1) is 0 Å². The largest absolute Gasteiger partial charge is 0.365 e. The first-order valence-electron chi connectivity index (χ1n) is 6.93. The van der Waals surface area contributed by atoms with Crippen LogP contribution in [0.4, 0.5) is 10.1 Å². The fourth-order valence-corrected chi connectivity index (χ4v) is 2.83. The van der Waals surface area contributed by atoms with E-state index in [1.807, 2.05) is 18.0 Å². The summed E-state index contributed by atoms with van der Waals surface area (Å²) in [6.45, 7) is 1.06. The number of hydrogen-bond acceptors (Lipinski definition) is 5. The van der Waals surface area contributed by atoms with Crippen LogP contribution in [0.2, 0.25) is 0 Å². The lowest BCUT2D eigenvalue weighted by Crippen LogP contribution is -2.49. The summed E-state index contributed by atoms with van der Waals surface area (Å²) in [6.07, 6.45) is 2.81. The SMILES string of the molecule is CNC1CC(F)CN(c2ccc(C#N)c3nccnc23)C1. The van der Waals surface area contributed by atoms with Gasteiger partial charge in [0.15, 0.2) is 0 Å². The van der Waals surface area contributed by atoms with Crippen molar-refractivity contribution in [3.63, 3.8) is 0 Å². The fourth-order valence-electron chi connectivity index (χ4n) is 2.83. The topological polar surface area (TPSA) is 64.8 Å². The lowest BCUT2D eigenvalue weighted by molar-refractivity contribution is 0.255. The number of alkyl halides is 1. The molecule has 2 atom stereocenters. The molecule has 1 aromatic heterocycles. The average molecular weight is 285 g/mol. The van der Waals surface area contributed by atoms with E-state index in [9.17, 15) is 4.39 Å². The molecule has 6 heteroatoms. The van der Waals surface area contributed by atoms with E-state index in [0.29, 0.717) is 36.1 Å². The highest BCUT2D eigenvalue weighted by Crippen LogP contribution is 2.29. The molecule has 1 saturated heterocycles. The molecule has 0 aliphatic carbocycles. The molecule has 0 amide bonds. The Morgan fingerprint density at radius 2 is 2.05 bits per heavy atom. The minimum Gasteiger partial charge on any atom is -0.365 e. The van der Waals surface area contributed by atoms with Crippen LogP contribution in [-0.4, -0.2) is 42.3 Å². The van der Waals surface area contributed by atoms with Gasteiger partial charge in [-0.3, -0.25) is 9.97 Å². The van der Waals surface area contributed by atoms with Gasteiger partial charge in [-0.05, 0) is 25.6 Å². The molecule has 108 valence electrons. The summed E-state index contributed by atoms with van der Waals surface area (Å²) in [5.74, 6) is 0.